The van der Waals surface area contributed by atoms with E-state index in [-0.39, 0.29) is 0 Å². The molecule has 6 heteroatoms. The summed E-state index contributed by atoms with van der Waals surface area (Å²) in [5.74, 6) is 0. The fourth-order valence-corrected chi connectivity index (χ4v) is 2.04. The Morgan fingerprint density at radius 1 is 1.24 bits per heavy atom. The first-order chi connectivity index (χ1) is 10.2. The van der Waals surface area contributed by atoms with Crippen LogP contribution in [0.5, 0.6) is 0 Å². The average Bonchev–Trinajstić information content (AvgIpc) is 3.13. The maximum atomic E-state index is 5.00. The van der Waals surface area contributed by atoms with Crippen LogP contribution in [0.1, 0.15) is 37.7 Å². The Labute approximate surface area is 126 Å². The smallest absolute Gasteiger partial charge is 0.0849 e. The van der Waals surface area contributed by atoms with Crippen LogP contribution in [-0.2, 0) is 17.8 Å². The molecule has 1 unspecified atom stereocenters. The summed E-state index contributed by atoms with van der Waals surface area (Å²) in [6.07, 6.45) is 5.12. The minimum atomic E-state index is 0.442. The summed E-state index contributed by atoms with van der Waals surface area (Å²) in [6, 6.07) is 4.53. The van der Waals surface area contributed by atoms with Crippen LogP contribution >= 0.6 is 0 Å². The standard InChI is InChI=1S/C15H25N5O/c1-4-13(2)20-9-6-15(18-20)12-19-8-5-14(17-19)11-16-7-10-21-3/h5-6,8-9,13,16H,4,7,10-12H2,1-3H3. The first-order valence-electron chi connectivity index (χ1n) is 7.49. The van der Waals surface area contributed by atoms with E-state index in [1.54, 1.807) is 7.11 Å². The van der Waals surface area contributed by atoms with Crippen LogP contribution < -0.4 is 5.32 Å². The van der Waals surface area contributed by atoms with Gasteiger partial charge in [0.2, 0.25) is 0 Å². The van der Waals surface area contributed by atoms with Gasteiger partial charge in [-0.1, -0.05) is 6.92 Å². The number of ether oxygens (including phenoxy) is 1. The topological polar surface area (TPSA) is 56.9 Å². The molecule has 0 radical (unpaired) electrons. The zero-order valence-electron chi connectivity index (χ0n) is 13.1. The molecule has 0 amide bonds. The van der Waals surface area contributed by atoms with Crippen LogP contribution in [0.2, 0.25) is 0 Å². The van der Waals surface area contributed by atoms with Crippen LogP contribution in [0.3, 0.4) is 0 Å². The molecule has 2 aromatic rings. The minimum Gasteiger partial charge on any atom is -0.383 e. The summed E-state index contributed by atoms with van der Waals surface area (Å²) >= 11 is 0. The number of nitrogens with zero attached hydrogens (tertiary/aromatic N) is 4. The van der Waals surface area contributed by atoms with Crippen molar-refractivity contribution in [2.45, 2.75) is 39.4 Å². The van der Waals surface area contributed by atoms with Gasteiger partial charge in [-0.3, -0.25) is 9.36 Å². The molecule has 2 aromatic heterocycles. The molecule has 116 valence electrons. The van der Waals surface area contributed by atoms with E-state index in [0.717, 1.165) is 30.9 Å². The number of methoxy groups -OCH3 is 1. The largest absolute Gasteiger partial charge is 0.383 e. The van der Waals surface area contributed by atoms with Crippen molar-refractivity contribution in [3.8, 4) is 0 Å². The maximum absolute atomic E-state index is 5.00. The summed E-state index contributed by atoms with van der Waals surface area (Å²) in [5, 5.41) is 12.4. The van der Waals surface area contributed by atoms with Crippen LogP contribution in [0.15, 0.2) is 24.5 Å². The second-order valence-corrected chi connectivity index (χ2v) is 5.22. The van der Waals surface area contributed by atoms with Crippen LogP contribution in [0.4, 0.5) is 0 Å². The van der Waals surface area contributed by atoms with Gasteiger partial charge in [-0.05, 0) is 25.5 Å². The summed E-state index contributed by atoms with van der Waals surface area (Å²) in [4.78, 5) is 0. The Morgan fingerprint density at radius 2 is 2.05 bits per heavy atom. The molecule has 2 rings (SSSR count). The Morgan fingerprint density at radius 3 is 2.81 bits per heavy atom. The lowest BCUT2D eigenvalue weighted by atomic mass is 10.3. The molecule has 0 aliphatic carbocycles. The lowest BCUT2D eigenvalue weighted by molar-refractivity contribution is 0.199. The van der Waals surface area contributed by atoms with Crippen molar-refractivity contribution in [2.75, 3.05) is 20.3 Å². The highest BCUT2D eigenvalue weighted by atomic mass is 16.5. The monoisotopic (exact) mass is 291 g/mol. The molecule has 0 bridgehead atoms. The highest BCUT2D eigenvalue weighted by Crippen LogP contribution is 2.10. The minimum absolute atomic E-state index is 0.442. The molecule has 1 atom stereocenters. The normalized spacial score (nSPS) is 12.7. The van der Waals surface area contributed by atoms with Crippen molar-refractivity contribution in [1.29, 1.82) is 0 Å². The second kappa shape index (κ2) is 7.95. The molecule has 21 heavy (non-hydrogen) atoms. The van der Waals surface area contributed by atoms with E-state index < -0.39 is 0 Å². The SMILES string of the molecule is CCC(C)n1ccc(Cn2ccc(CNCCOC)n2)n1. The highest BCUT2D eigenvalue weighted by Gasteiger charge is 2.06. The summed E-state index contributed by atoms with van der Waals surface area (Å²) in [5.41, 5.74) is 2.07. The molecule has 2 heterocycles. The van der Waals surface area contributed by atoms with Gasteiger partial charge in [0, 0.05) is 38.6 Å². The van der Waals surface area contributed by atoms with E-state index in [4.69, 9.17) is 4.74 Å². The number of hydrogen-bond donors (Lipinski definition) is 1. The van der Waals surface area contributed by atoms with Gasteiger partial charge in [0.15, 0.2) is 0 Å². The molecule has 6 nitrogen and oxygen atoms in total. The van der Waals surface area contributed by atoms with E-state index in [1.165, 1.54) is 0 Å². The predicted molar refractivity (Wildman–Crippen MR) is 82.1 cm³/mol. The van der Waals surface area contributed by atoms with Crippen molar-refractivity contribution < 1.29 is 4.74 Å². The highest BCUT2D eigenvalue weighted by molar-refractivity contribution is 5.03. The molecule has 0 aliphatic heterocycles. The van der Waals surface area contributed by atoms with Crippen molar-refractivity contribution in [3.05, 3.63) is 35.9 Å². The van der Waals surface area contributed by atoms with Crippen LogP contribution in [-0.4, -0.2) is 39.8 Å². The van der Waals surface area contributed by atoms with Gasteiger partial charge in [0.05, 0.1) is 24.5 Å². The molecule has 0 saturated heterocycles. The van der Waals surface area contributed by atoms with Crippen LogP contribution in [0, 0.1) is 0 Å². The second-order valence-electron chi connectivity index (χ2n) is 5.22. The zero-order chi connectivity index (χ0) is 15.1. The molecule has 0 fully saturated rings. The van der Waals surface area contributed by atoms with E-state index in [0.29, 0.717) is 19.2 Å². The fraction of sp³-hybridized carbons (Fsp3) is 0.600. The molecular weight excluding hydrogens is 266 g/mol. The first kappa shape index (κ1) is 15.7. The molecule has 0 spiro atoms. The predicted octanol–water partition coefficient (Wildman–Crippen LogP) is 1.83. The van der Waals surface area contributed by atoms with Crippen molar-refractivity contribution in [3.63, 3.8) is 0 Å². The summed E-state index contributed by atoms with van der Waals surface area (Å²) < 4.78 is 8.94. The third-order valence-electron chi connectivity index (χ3n) is 3.51. The van der Waals surface area contributed by atoms with Gasteiger partial charge in [0.25, 0.3) is 0 Å². The third kappa shape index (κ3) is 4.68. The number of hydrogen-bond acceptors (Lipinski definition) is 4. The molecule has 0 aliphatic rings. The third-order valence-corrected chi connectivity index (χ3v) is 3.51. The van der Waals surface area contributed by atoms with Gasteiger partial charge in [-0.15, -0.1) is 0 Å². The van der Waals surface area contributed by atoms with E-state index in [1.807, 2.05) is 27.8 Å². The van der Waals surface area contributed by atoms with Crippen molar-refractivity contribution in [1.82, 2.24) is 24.9 Å². The van der Waals surface area contributed by atoms with Gasteiger partial charge >= 0.3 is 0 Å². The fourth-order valence-electron chi connectivity index (χ4n) is 2.04. The Balaban J connectivity index is 1.85. The maximum Gasteiger partial charge on any atom is 0.0849 e. The summed E-state index contributed by atoms with van der Waals surface area (Å²) in [7, 11) is 1.70. The zero-order valence-corrected chi connectivity index (χ0v) is 13.1. The van der Waals surface area contributed by atoms with E-state index in [9.17, 15) is 0 Å². The molecule has 0 aromatic carbocycles. The van der Waals surface area contributed by atoms with E-state index >= 15 is 0 Å². The number of aromatic nitrogens is 4. The molecular formula is C15H25N5O. The molecule has 0 saturated carbocycles. The Bertz CT molecular complexity index is 534. The van der Waals surface area contributed by atoms with Crippen molar-refractivity contribution >= 4 is 0 Å². The summed E-state index contributed by atoms with van der Waals surface area (Å²) in [6.45, 7) is 7.37. The average molecular weight is 291 g/mol. The quantitative estimate of drug-likeness (QED) is 0.716. The van der Waals surface area contributed by atoms with Gasteiger partial charge in [0.1, 0.15) is 0 Å². The van der Waals surface area contributed by atoms with Crippen LogP contribution in [0.25, 0.3) is 0 Å². The van der Waals surface area contributed by atoms with Gasteiger partial charge < -0.3 is 10.1 Å². The lowest BCUT2D eigenvalue weighted by Gasteiger charge is -2.08. The lowest BCUT2D eigenvalue weighted by Crippen LogP contribution is -2.19. The van der Waals surface area contributed by atoms with E-state index in [2.05, 4.69) is 35.4 Å². The Hall–Kier alpha value is -1.66. The number of rotatable bonds is 9. The number of nitrogens with one attached hydrogen (secondary N) is 1. The van der Waals surface area contributed by atoms with Crippen molar-refractivity contribution in [2.24, 2.45) is 0 Å². The van der Waals surface area contributed by atoms with Gasteiger partial charge in [-0.25, -0.2) is 0 Å². The Kier molecular flexibility index (Phi) is 5.95. The molecule has 1 N–H and O–H groups in total. The first-order valence-corrected chi connectivity index (χ1v) is 7.49. The van der Waals surface area contributed by atoms with Gasteiger partial charge in [-0.2, -0.15) is 10.2 Å².